The number of anilines is 1. The van der Waals surface area contributed by atoms with Crippen molar-refractivity contribution in [3.05, 3.63) is 29.8 Å². The van der Waals surface area contributed by atoms with Gasteiger partial charge in [-0.05, 0) is 37.5 Å². The zero-order valence-electron chi connectivity index (χ0n) is 14.7. The molecule has 0 spiro atoms. The van der Waals surface area contributed by atoms with E-state index in [0.717, 1.165) is 31.1 Å². The van der Waals surface area contributed by atoms with Crippen LogP contribution in [0, 0.1) is 0 Å². The van der Waals surface area contributed by atoms with E-state index in [9.17, 15) is 14.4 Å². The van der Waals surface area contributed by atoms with Gasteiger partial charge in [-0.25, -0.2) is 0 Å². The van der Waals surface area contributed by atoms with Gasteiger partial charge in [0, 0.05) is 37.8 Å². The van der Waals surface area contributed by atoms with Crippen LogP contribution in [0.2, 0.25) is 0 Å². The predicted octanol–water partition coefficient (Wildman–Crippen LogP) is 1.86. The lowest BCUT2D eigenvalue weighted by Crippen LogP contribution is -2.33. The van der Waals surface area contributed by atoms with E-state index < -0.39 is 5.25 Å². The van der Waals surface area contributed by atoms with Gasteiger partial charge in [-0.1, -0.05) is 17.8 Å². The van der Waals surface area contributed by atoms with Gasteiger partial charge < -0.3 is 15.5 Å². The molecule has 0 aromatic heterocycles. The topological polar surface area (TPSA) is 90.9 Å². The number of likely N-dealkylation sites (tertiary alicyclic amines) is 1. The molecule has 2 heterocycles. The Kier molecular flexibility index (Phi) is 5.92. The molecule has 3 amide bonds. The first-order valence-electron chi connectivity index (χ1n) is 8.73. The van der Waals surface area contributed by atoms with Crippen LogP contribution >= 0.6 is 11.8 Å². The Morgan fingerprint density at radius 2 is 2.04 bits per heavy atom. The van der Waals surface area contributed by atoms with Crippen LogP contribution in [0.4, 0.5) is 5.69 Å². The first-order chi connectivity index (χ1) is 12.6. The van der Waals surface area contributed by atoms with Crippen LogP contribution in [0.25, 0.3) is 0 Å². The van der Waals surface area contributed by atoms with Gasteiger partial charge in [0.2, 0.25) is 5.91 Å². The third kappa shape index (κ3) is 4.43. The maximum atomic E-state index is 12.3. The standard InChI is InChI=1S/C18H22N4O3S/c1-19-16(24)12-6-5-7-13(10-12)20-15(23)11-14-17(25)21-18(26-14)22-8-3-2-4-9-22/h5-7,10,14H,2-4,8-9,11H2,1H3,(H,19,24)(H,20,23)/t14-/m0/s1. The lowest BCUT2D eigenvalue weighted by molar-refractivity contribution is -0.121. The van der Waals surface area contributed by atoms with Crippen molar-refractivity contribution in [1.29, 1.82) is 0 Å². The highest BCUT2D eigenvalue weighted by atomic mass is 32.2. The van der Waals surface area contributed by atoms with Crippen LogP contribution in [-0.2, 0) is 9.59 Å². The normalized spacial score (nSPS) is 19.9. The summed E-state index contributed by atoms with van der Waals surface area (Å²) in [4.78, 5) is 42.4. The predicted molar refractivity (Wildman–Crippen MR) is 102 cm³/mol. The number of nitrogens with one attached hydrogen (secondary N) is 2. The smallest absolute Gasteiger partial charge is 0.262 e. The van der Waals surface area contributed by atoms with Crippen LogP contribution in [0.3, 0.4) is 0 Å². The minimum absolute atomic E-state index is 0.0640. The van der Waals surface area contributed by atoms with E-state index in [2.05, 4.69) is 20.5 Å². The number of amidine groups is 1. The highest BCUT2D eigenvalue weighted by molar-refractivity contribution is 8.15. The van der Waals surface area contributed by atoms with Crippen molar-refractivity contribution in [3.8, 4) is 0 Å². The molecule has 26 heavy (non-hydrogen) atoms. The van der Waals surface area contributed by atoms with Gasteiger partial charge in [-0.15, -0.1) is 0 Å². The molecule has 2 aliphatic rings. The van der Waals surface area contributed by atoms with E-state index in [1.807, 2.05) is 0 Å². The van der Waals surface area contributed by atoms with E-state index in [0.29, 0.717) is 11.3 Å². The number of rotatable bonds is 4. The molecule has 7 nitrogen and oxygen atoms in total. The van der Waals surface area contributed by atoms with Crippen LogP contribution in [0.5, 0.6) is 0 Å². The highest BCUT2D eigenvalue weighted by Crippen LogP contribution is 2.29. The summed E-state index contributed by atoms with van der Waals surface area (Å²) >= 11 is 1.38. The number of amides is 3. The number of carbonyl (C=O) groups excluding carboxylic acids is 3. The van der Waals surface area contributed by atoms with E-state index in [1.165, 1.54) is 18.2 Å². The van der Waals surface area contributed by atoms with Gasteiger partial charge >= 0.3 is 0 Å². The molecule has 1 aromatic carbocycles. The number of hydrogen-bond acceptors (Lipinski definition) is 5. The molecule has 1 fully saturated rings. The molecular weight excluding hydrogens is 352 g/mol. The van der Waals surface area contributed by atoms with Crippen molar-refractivity contribution >= 4 is 40.3 Å². The summed E-state index contributed by atoms with van der Waals surface area (Å²) in [6.07, 6.45) is 3.50. The number of piperidine rings is 1. The molecule has 0 unspecified atom stereocenters. The van der Waals surface area contributed by atoms with Crippen LogP contribution in [0.1, 0.15) is 36.0 Å². The minimum atomic E-state index is -0.478. The lowest BCUT2D eigenvalue weighted by Gasteiger charge is -2.27. The Morgan fingerprint density at radius 1 is 1.27 bits per heavy atom. The number of thioether (sulfide) groups is 1. The summed E-state index contributed by atoms with van der Waals surface area (Å²) in [5.41, 5.74) is 0.996. The van der Waals surface area contributed by atoms with E-state index in [1.54, 1.807) is 31.3 Å². The molecule has 0 bridgehead atoms. The Labute approximate surface area is 156 Å². The number of benzene rings is 1. The third-order valence-electron chi connectivity index (χ3n) is 4.36. The Hall–Kier alpha value is -2.35. The maximum absolute atomic E-state index is 12.3. The van der Waals surface area contributed by atoms with Crippen molar-refractivity contribution < 1.29 is 14.4 Å². The fourth-order valence-corrected chi connectivity index (χ4v) is 4.11. The summed E-state index contributed by atoms with van der Waals surface area (Å²) in [5, 5.41) is 5.56. The molecule has 2 N–H and O–H groups in total. The second-order valence-electron chi connectivity index (χ2n) is 6.30. The second-order valence-corrected chi connectivity index (χ2v) is 7.47. The lowest BCUT2D eigenvalue weighted by atomic mass is 10.1. The summed E-state index contributed by atoms with van der Waals surface area (Å²) in [6, 6.07) is 6.69. The Bertz CT molecular complexity index is 744. The first kappa shape index (κ1) is 18.4. The summed E-state index contributed by atoms with van der Waals surface area (Å²) in [7, 11) is 1.55. The van der Waals surface area contributed by atoms with Gasteiger partial charge in [0.05, 0.1) is 0 Å². The number of aliphatic imine (C=N–C) groups is 1. The zero-order valence-corrected chi connectivity index (χ0v) is 15.5. The number of hydrogen-bond donors (Lipinski definition) is 2. The fraction of sp³-hybridized carbons (Fsp3) is 0.444. The van der Waals surface area contributed by atoms with Gasteiger partial charge in [-0.2, -0.15) is 4.99 Å². The second kappa shape index (κ2) is 8.35. The minimum Gasteiger partial charge on any atom is -0.355 e. The number of nitrogens with zero attached hydrogens (tertiary/aromatic N) is 2. The largest absolute Gasteiger partial charge is 0.355 e. The molecule has 0 aliphatic carbocycles. The van der Waals surface area contributed by atoms with Crippen LogP contribution < -0.4 is 10.6 Å². The Morgan fingerprint density at radius 3 is 2.77 bits per heavy atom. The third-order valence-corrected chi connectivity index (χ3v) is 5.58. The molecule has 0 saturated carbocycles. The monoisotopic (exact) mass is 374 g/mol. The van der Waals surface area contributed by atoms with Crippen LogP contribution in [-0.4, -0.2) is 53.2 Å². The molecule has 138 valence electrons. The Balaban J connectivity index is 1.56. The zero-order chi connectivity index (χ0) is 18.5. The van der Waals surface area contributed by atoms with Gasteiger partial charge in [0.1, 0.15) is 5.25 Å². The molecule has 8 heteroatoms. The summed E-state index contributed by atoms with van der Waals surface area (Å²) in [5.74, 6) is -0.730. The van der Waals surface area contributed by atoms with E-state index in [4.69, 9.17) is 0 Å². The van der Waals surface area contributed by atoms with Crippen molar-refractivity contribution in [2.24, 2.45) is 4.99 Å². The van der Waals surface area contributed by atoms with Crippen molar-refractivity contribution in [3.63, 3.8) is 0 Å². The van der Waals surface area contributed by atoms with Crippen LogP contribution in [0.15, 0.2) is 29.3 Å². The number of carbonyl (C=O) groups is 3. The SMILES string of the molecule is CNC(=O)c1cccc(NC(=O)C[C@@H]2SC(N3CCCCC3)=NC2=O)c1. The fourth-order valence-electron chi connectivity index (χ4n) is 2.99. The quantitative estimate of drug-likeness (QED) is 0.839. The van der Waals surface area contributed by atoms with Gasteiger partial charge in [-0.3, -0.25) is 14.4 Å². The van der Waals surface area contributed by atoms with E-state index >= 15 is 0 Å². The van der Waals surface area contributed by atoms with Crippen molar-refractivity contribution in [2.75, 3.05) is 25.5 Å². The maximum Gasteiger partial charge on any atom is 0.262 e. The average Bonchev–Trinajstić information content (AvgIpc) is 3.02. The molecule has 1 atom stereocenters. The van der Waals surface area contributed by atoms with Gasteiger partial charge in [0.15, 0.2) is 5.17 Å². The molecule has 0 radical (unpaired) electrons. The molecular formula is C18H22N4O3S. The molecule has 2 aliphatic heterocycles. The van der Waals surface area contributed by atoms with Gasteiger partial charge in [0.25, 0.3) is 11.8 Å². The molecule has 1 aromatic rings. The van der Waals surface area contributed by atoms with E-state index in [-0.39, 0.29) is 24.1 Å². The highest BCUT2D eigenvalue weighted by Gasteiger charge is 2.33. The molecule has 3 rings (SSSR count). The summed E-state index contributed by atoms with van der Waals surface area (Å²) < 4.78 is 0. The summed E-state index contributed by atoms with van der Waals surface area (Å²) in [6.45, 7) is 1.84. The van der Waals surface area contributed by atoms with Crippen molar-refractivity contribution in [1.82, 2.24) is 10.2 Å². The molecule has 1 saturated heterocycles. The van der Waals surface area contributed by atoms with Crippen molar-refractivity contribution in [2.45, 2.75) is 30.9 Å². The first-order valence-corrected chi connectivity index (χ1v) is 9.61. The average molecular weight is 374 g/mol.